The van der Waals surface area contributed by atoms with Crippen LogP contribution in [0.25, 0.3) is 10.9 Å². The summed E-state index contributed by atoms with van der Waals surface area (Å²) in [6, 6.07) is 16.8. The third kappa shape index (κ3) is 2.74. The fourth-order valence-corrected chi connectivity index (χ4v) is 3.34. The van der Waals surface area contributed by atoms with E-state index >= 15 is 0 Å². The number of H-pyrrole nitrogens is 1. The minimum Gasteiger partial charge on any atom is -0.391 e. The second-order valence-electron chi connectivity index (χ2n) is 6.18. The van der Waals surface area contributed by atoms with Crippen LogP contribution in [0.4, 0.5) is 0 Å². The second-order valence-corrected chi connectivity index (χ2v) is 6.18. The topological polar surface area (TPSA) is 37.4 Å². The lowest BCUT2D eigenvalue weighted by Gasteiger charge is -2.13. The Labute approximate surface area is 136 Å². The predicted molar refractivity (Wildman–Crippen MR) is 93.7 cm³/mol. The highest BCUT2D eigenvalue weighted by Crippen LogP contribution is 2.29. The minimum absolute atomic E-state index is 0.515. The molecule has 1 heterocycles. The maximum atomic E-state index is 5.63. The highest BCUT2D eigenvalue weighted by Gasteiger charge is 2.20. The summed E-state index contributed by atoms with van der Waals surface area (Å²) in [5.74, 6) is 0. The number of aromatic nitrogens is 1. The average Bonchev–Trinajstić information content (AvgIpc) is 2.95. The highest BCUT2D eigenvalue weighted by molar-refractivity contribution is 6.06. The monoisotopic (exact) mass is 304 g/mol. The van der Waals surface area contributed by atoms with Crippen LogP contribution in [0.1, 0.15) is 35.2 Å². The lowest BCUT2D eigenvalue weighted by Crippen LogP contribution is -2.11. The van der Waals surface area contributed by atoms with Crippen LogP contribution >= 0.6 is 0 Å². The number of aromatic amines is 1. The molecule has 0 spiro atoms. The number of aryl methyl sites for hydroxylation is 2. The molecule has 0 saturated carbocycles. The molecule has 2 aromatic carbocycles. The number of oxime groups is 1. The van der Waals surface area contributed by atoms with Gasteiger partial charge in [0.2, 0.25) is 0 Å². The summed E-state index contributed by atoms with van der Waals surface area (Å²) in [7, 11) is 0. The Bertz CT molecular complexity index is 876. The molecule has 0 radical (unpaired) electrons. The first-order valence-corrected chi connectivity index (χ1v) is 8.15. The fraction of sp³-hybridized carbons (Fsp3) is 0.250. The summed E-state index contributed by atoms with van der Waals surface area (Å²) in [5.41, 5.74) is 7.16. The Hall–Kier alpha value is -2.55. The Morgan fingerprint density at radius 2 is 2.00 bits per heavy atom. The molecule has 0 unspecified atom stereocenters. The lowest BCUT2D eigenvalue weighted by molar-refractivity contribution is 0.130. The SMILES string of the molecule is Cc1cccc(CO/N=C2/CCCc3c2[nH]c2ccccc32)c1. The molecule has 4 rings (SSSR count). The van der Waals surface area contributed by atoms with E-state index in [1.165, 1.54) is 22.0 Å². The molecule has 0 amide bonds. The largest absolute Gasteiger partial charge is 0.391 e. The Morgan fingerprint density at radius 3 is 2.91 bits per heavy atom. The average molecular weight is 304 g/mol. The number of para-hydroxylation sites is 1. The smallest absolute Gasteiger partial charge is 0.142 e. The van der Waals surface area contributed by atoms with E-state index < -0.39 is 0 Å². The van der Waals surface area contributed by atoms with E-state index in [0.29, 0.717) is 6.61 Å². The molecule has 23 heavy (non-hydrogen) atoms. The van der Waals surface area contributed by atoms with Gasteiger partial charge in [0.25, 0.3) is 0 Å². The molecule has 0 aliphatic heterocycles. The number of benzene rings is 2. The minimum atomic E-state index is 0.515. The van der Waals surface area contributed by atoms with Crippen molar-refractivity contribution in [2.45, 2.75) is 32.8 Å². The predicted octanol–water partition coefficient (Wildman–Crippen LogP) is 4.73. The van der Waals surface area contributed by atoms with Crippen LogP contribution in [0.15, 0.2) is 53.7 Å². The van der Waals surface area contributed by atoms with Crippen LogP contribution in [-0.2, 0) is 17.9 Å². The van der Waals surface area contributed by atoms with Gasteiger partial charge >= 0.3 is 0 Å². The van der Waals surface area contributed by atoms with Crippen LogP contribution in [0.5, 0.6) is 0 Å². The van der Waals surface area contributed by atoms with Gasteiger partial charge in [0.05, 0.1) is 5.69 Å². The third-order valence-electron chi connectivity index (χ3n) is 4.43. The molecule has 1 N–H and O–H groups in total. The van der Waals surface area contributed by atoms with Gasteiger partial charge < -0.3 is 9.82 Å². The van der Waals surface area contributed by atoms with Gasteiger partial charge in [-0.3, -0.25) is 0 Å². The maximum absolute atomic E-state index is 5.63. The molecule has 0 atom stereocenters. The van der Waals surface area contributed by atoms with Crippen molar-refractivity contribution in [1.29, 1.82) is 0 Å². The quantitative estimate of drug-likeness (QED) is 0.698. The van der Waals surface area contributed by atoms with Crippen LogP contribution in [0.2, 0.25) is 0 Å². The van der Waals surface area contributed by atoms with E-state index in [9.17, 15) is 0 Å². The van der Waals surface area contributed by atoms with E-state index in [-0.39, 0.29) is 0 Å². The van der Waals surface area contributed by atoms with E-state index in [1.807, 2.05) is 0 Å². The van der Waals surface area contributed by atoms with Crippen LogP contribution in [0, 0.1) is 6.92 Å². The molecule has 3 aromatic rings. The zero-order valence-corrected chi connectivity index (χ0v) is 13.3. The first kappa shape index (κ1) is 14.1. The lowest BCUT2D eigenvalue weighted by atomic mass is 9.94. The van der Waals surface area contributed by atoms with Gasteiger partial charge in [-0.1, -0.05) is 53.2 Å². The highest BCUT2D eigenvalue weighted by atomic mass is 16.6. The Balaban J connectivity index is 1.59. The molecule has 3 heteroatoms. The van der Waals surface area contributed by atoms with Gasteiger partial charge in [-0.25, -0.2) is 0 Å². The van der Waals surface area contributed by atoms with Gasteiger partial charge in [0.1, 0.15) is 12.3 Å². The van der Waals surface area contributed by atoms with Crippen molar-refractivity contribution in [3.63, 3.8) is 0 Å². The second kappa shape index (κ2) is 5.92. The summed E-state index contributed by atoms with van der Waals surface area (Å²) < 4.78 is 0. The van der Waals surface area contributed by atoms with Gasteiger partial charge in [0, 0.05) is 10.9 Å². The van der Waals surface area contributed by atoms with Gasteiger partial charge in [-0.05, 0) is 43.4 Å². The number of hydrogen-bond acceptors (Lipinski definition) is 2. The van der Waals surface area contributed by atoms with E-state index in [2.05, 4.69) is 65.6 Å². The molecule has 116 valence electrons. The van der Waals surface area contributed by atoms with Crippen molar-refractivity contribution in [3.8, 4) is 0 Å². The zero-order chi connectivity index (χ0) is 15.6. The van der Waals surface area contributed by atoms with Gasteiger partial charge in [0.15, 0.2) is 0 Å². The first-order valence-electron chi connectivity index (χ1n) is 8.15. The van der Waals surface area contributed by atoms with Crippen molar-refractivity contribution >= 4 is 16.6 Å². The summed E-state index contributed by atoms with van der Waals surface area (Å²) in [4.78, 5) is 9.15. The van der Waals surface area contributed by atoms with E-state index in [0.717, 1.165) is 36.2 Å². The molecule has 1 aliphatic carbocycles. The number of fused-ring (bicyclic) bond motifs is 3. The fourth-order valence-electron chi connectivity index (χ4n) is 3.34. The van der Waals surface area contributed by atoms with Gasteiger partial charge in [-0.2, -0.15) is 0 Å². The first-order chi connectivity index (χ1) is 11.3. The van der Waals surface area contributed by atoms with Crippen molar-refractivity contribution in [3.05, 3.63) is 70.9 Å². The van der Waals surface area contributed by atoms with Crippen LogP contribution in [-0.4, -0.2) is 10.7 Å². The number of nitrogens with one attached hydrogen (secondary N) is 1. The van der Waals surface area contributed by atoms with Crippen molar-refractivity contribution in [1.82, 2.24) is 4.98 Å². The van der Waals surface area contributed by atoms with E-state index in [1.54, 1.807) is 0 Å². The zero-order valence-electron chi connectivity index (χ0n) is 13.3. The van der Waals surface area contributed by atoms with Crippen LogP contribution in [0.3, 0.4) is 0 Å². The van der Waals surface area contributed by atoms with Crippen molar-refractivity contribution in [2.24, 2.45) is 5.16 Å². The van der Waals surface area contributed by atoms with E-state index in [4.69, 9.17) is 4.84 Å². The summed E-state index contributed by atoms with van der Waals surface area (Å²) in [6.45, 7) is 2.61. The maximum Gasteiger partial charge on any atom is 0.142 e. The number of rotatable bonds is 3. The molecule has 0 bridgehead atoms. The van der Waals surface area contributed by atoms with Crippen molar-refractivity contribution in [2.75, 3.05) is 0 Å². The number of nitrogens with zero attached hydrogens (tertiary/aromatic N) is 1. The van der Waals surface area contributed by atoms with Crippen LogP contribution < -0.4 is 0 Å². The molecule has 0 saturated heterocycles. The Kier molecular flexibility index (Phi) is 3.62. The molecule has 0 fully saturated rings. The normalized spacial score (nSPS) is 15.8. The molecule has 1 aromatic heterocycles. The number of hydrogen-bond donors (Lipinski definition) is 1. The Morgan fingerprint density at radius 1 is 1.09 bits per heavy atom. The molecular weight excluding hydrogens is 284 g/mol. The standard InChI is InChI=1S/C20H20N2O/c1-14-6-4-7-15(12-14)13-23-22-19-11-5-9-17-16-8-2-3-10-18(16)21-20(17)19/h2-4,6-8,10,12,21H,5,9,11,13H2,1H3/b22-19-. The summed E-state index contributed by atoms with van der Waals surface area (Å²) in [6.07, 6.45) is 3.20. The molecule has 3 nitrogen and oxygen atoms in total. The van der Waals surface area contributed by atoms with Gasteiger partial charge in [-0.15, -0.1) is 0 Å². The molecular formula is C20H20N2O. The van der Waals surface area contributed by atoms with Crippen molar-refractivity contribution < 1.29 is 4.84 Å². The summed E-state index contributed by atoms with van der Waals surface area (Å²) in [5, 5.41) is 5.74. The summed E-state index contributed by atoms with van der Waals surface area (Å²) >= 11 is 0. The third-order valence-corrected chi connectivity index (χ3v) is 4.43. The molecule has 1 aliphatic rings.